The smallest absolute Gasteiger partial charge is 0.0343 e. The predicted molar refractivity (Wildman–Crippen MR) is 37.0 cm³/mol. The van der Waals surface area contributed by atoms with Crippen LogP contribution in [-0.4, -0.2) is 4.55 Å². The second-order valence-electron chi connectivity index (χ2n) is 1.61. The minimum absolute atomic E-state index is 0.522. The summed E-state index contributed by atoms with van der Waals surface area (Å²) < 4.78 is 9.72. The average molecular weight is 131 g/mol. The van der Waals surface area contributed by atoms with Crippen LogP contribution in [0.2, 0.25) is 0 Å². The molecule has 1 nitrogen and oxygen atoms in total. The van der Waals surface area contributed by atoms with Crippen LogP contribution in [0.3, 0.4) is 0 Å². The van der Waals surface area contributed by atoms with Crippen LogP contribution in [-0.2, 0) is 0 Å². The maximum absolute atomic E-state index is 9.72. The highest BCUT2D eigenvalue weighted by atomic mass is 32.2. The van der Waals surface area contributed by atoms with Crippen LogP contribution in [0.25, 0.3) is 0 Å². The van der Waals surface area contributed by atoms with Crippen molar-refractivity contribution < 1.29 is 4.55 Å². The Labute approximate surface area is 55.0 Å². The Bertz CT molecular complexity index is 61.5. The molecule has 0 aromatic carbocycles. The predicted octanol–water partition coefficient (Wildman–Crippen LogP) is 2.55. The Hall–Kier alpha value is 0.0500. The van der Waals surface area contributed by atoms with Gasteiger partial charge in [-0.25, -0.2) is 12.0 Å². The van der Waals surface area contributed by atoms with Gasteiger partial charge in [-0.1, -0.05) is 25.8 Å². The molecule has 0 spiro atoms. The van der Waals surface area contributed by atoms with Gasteiger partial charge in [-0.2, -0.15) is 0 Å². The summed E-state index contributed by atoms with van der Waals surface area (Å²) in [6.45, 7) is 2.14. The van der Waals surface area contributed by atoms with Crippen LogP contribution in [0.4, 0.5) is 0 Å². The largest absolute Gasteiger partial charge is 0.795 e. The maximum Gasteiger partial charge on any atom is -0.0343 e. The van der Waals surface area contributed by atoms with Crippen molar-refractivity contribution in [3.8, 4) is 0 Å². The number of unbranched alkanes of at least 4 members (excludes halogenated alkanes) is 2. The summed E-state index contributed by atoms with van der Waals surface area (Å²) in [5, 5.41) is 1.59. The van der Waals surface area contributed by atoms with E-state index < -0.39 is 0 Å². The van der Waals surface area contributed by atoms with E-state index in [1.165, 1.54) is 12.8 Å². The standard InChI is InChI=1S/C6H12OS/c1-2-3-4-5-6-8-7/h5-7H,2-4H2,1H3/p-1/b6-5+. The molecule has 0 amide bonds. The molecule has 0 N–H and O–H groups in total. The second kappa shape index (κ2) is 7.05. The van der Waals surface area contributed by atoms with E-state index in [-0.39, 0.29) is 0 Å². The van der Waals surface area contributed by atoms with E-state index >= 15 is 0 Å². The molecule has 0 unspecified atom stereocenters. The first-order valence-corrected chi connectivity index (χ1v) is 3.66. The van der Waals surface area contributed by atoms with Crippen LogP contribution in [0, 0.1) is 0 Å². The van der Waals surface area contributed by atoms with Crippen molar-refractivity contribution in [2.24, 2.45) is 0 Å². The van der Waals surface area contributed by atoms with Gasteiger partial charge in [-0.05, 0) is 11.8 Å². The summed E-state index contributed by atoms with van der Waals surface area (Å²) in [5.41, 5.74) is 0. The lowest BCUT2D eigenvalue weighted by molar-refractivity contribution is 0.626. The zero-order valence-corrected chi connectivity index (χ0v) is 5.91. The van der Waals surface area contributed by atoms with Crippen molar-refractivity contribution in [1.82, 2.24) is 0 Å². The van der Waals surface area contributed by atoms with Crippen molar-refractivity contribution in [3.63, 3.8) is 0 Å². The Kier molecular flexibility index (Phi) is 7.09. The van der Waals surface area contributed by atoms with Gasteiger partial charge < -0.3 is 4.55 Å². The van der Waals surface area contributed by atoms with Crippen LogP contribution in [0.1, 0.15) is 26.2 Å². The summed E-state index contributed by atoms with van der Waals surface area (Å²) >= 11 is 0.522. The molecule has 8 heavy (non-hydrogen) atoms. The third kappa shape index (κ3) is 6.05. The maximum atomic E-state index is 9.72. The number of allylic oxidation sites excluding steroid dienone is 1. The van der Waals surface area contributed by atoms with Gasteiger partial charge in [0, 0.05) is 0 Å². The highest BCUT2D eigenvalue weighted by Crippen LogP contribution is 1.98. The second-order valence-corrected chi connectivity index (χ2v) is 2.07. The van der Waals surface area contributed by atoms with Crippen LogP contribution in [0.15, 0.2) is 11.5 Å². The lowest BCUT2D eigenvalue weighted by atomic mass is 10.2. The topological polar surface area (TPSA) is 23.1 Å². The fourth-order valence-electron chi connectivity index (χ4n) is 0.429. The Morgan fingerprint density at radius 3 is 2.88 bits per heavy atom. The molecule has 48 valence electrons. The minimum atomic E-state index is 0.522. The molecule has 0 fully saturated rings. The summed E-state index contributed by atoms with van der Waals surface area (Å²) in [7, 11) is 0. The lowest BCUT2D eigenvalue weighted by Crippen LogP contribution is -1.64. The Morgan fingerprint density at radius 1 is 1.62 bits per heavy atom. The van der Waals surface area contributed by atoms with Gasteiger partial charge in [0.1, 0.15) is 0 Å². The van der Waals surface area contributed by atoms with Crippen molar-refractivity contribution in [2.75, 3.05) is 0 Å². The van der Waals surface area contributed by atoms with Gasteiger partial charge in [0.15, 0.2) is 0 Å². The Morgan fingerprint density at radius 2 is 2.38 bits per heavy atom. The number of rotatable bonds is 4. The van der Waals surface area contributed by atoms with Gasteiger partial charge in [0.05, 0.1) is 0 Å². The van der Waals surface area contributed by atoms with E-state index in [4.69, 9.17) is 0 Å². The van der Waals surface area contributed by atoms with Crippen molar-refractivity contribution in [2.45, 2.75) is 26.2 Å². The van der Waals surface area contributed by atoms with Gasteiger partial charge in [-0.15, -0.1) is 0 Å². The SMILES string of the molecule is CCCC/C=C/S[O-]. The normalized spacial score (nSPS) is 10.8. The molecule has 2 heteroatoms. The zero-order valence-electron chi connectivity index (χ0n) is 5.09. The van der Waals surface area contributed by atoms with Gasteiger partial charge in [-0.3, -0.25) is 0 Å². The van der Waals surface area contributed by atoms with E-state index in [0.29, 0.717) is 12.0 Å². The molecule has 0 aliphatic rings. The van der Waals surface area contributed by atoms with Crippen LogP contribution < -0.4 is 0 Å². The molecule has 0 aliphatic heterocycles. The van der Waals surface area contributed by atoms with Gasteiger partial charge in [0.2, 0.25) is 0 Å². The molecule has 0 radical (unpaired) electrons. The molecule has 0 aromatic rings. The first-order chi connectivity index (χ1) is 3.91. The highest BCUT2D eigenvalue weighted by molar-refractivity contribution is 7.96. The monoisotopic (exact) mass is 131 g/mol. The van der Waals surface area contributed by atoms with Gasteiger partial charge >= 0.3 is 0 Å². The molecule has 0 saturated heterocycles. The molecule has 0 aliphatic carbocycles. The van der Waals surface area contributed by atoms with E-state index in [9.17, 15) is 4.55 Å². The molecular weight excluding hydrogens is 120 g/mol. The first-order valence-electron chi connectivity index (χ1n) is 2.85. The third-order valence-corrected chi connectivity index (χ3v) is 1.18. The molecule has 0 heterocycles. The van der Waals surface area contributed by atoms with E-state index in [1.54, 1.807) is 5.41 Å². The lowest BCUT2D eigenvalue weighted by Gasteiger charge is -1.92. The quantitative estimate of drug-likeness (QED) is 0.432. The van der Waals surface area contributed by atoms with Crippen LogP contribution >= 0.6 is 12.0 Å². The molecule has 0 aromatic heterocycles. The van der Waals surface area contributed by atoms with Crippen molar-refractivity contribution in [3.05, 3.63) is 11.5 Å². The van der Waals surface area contributed by atoms with Crippen molar-refractivity contribution >= 4 is 12.0 Å². The zero-order chi connectivity index (χ0) is 6.24. The summed E-state index contributed by atoms with van der Waals surface area (Å²) in [6.07, 6.45) is 5.36. The third-order valence-electron chi connectivity index (χ3n) is 0.876. The van der Waals surface area contributed by atoms with E-state index in [2.05, 4.69) is 6.92 Å². The number of hydrogen-bond acceptors (Lipinski definition) is 2. The summed E-state index contributed by atoms with van der Waals surface area (Å²) in [6, 6.07) is 0. The molecular formula is C6H11OS-. The molecule has 0 rings (SSSR count). The molecule has 0 saturated carbocycles. The van der Waals surface area contributed by atoms with Gasteiger partial charge in [0.25, 0.3) is 0 Å². The van der Waals surface area contributed by atoms with Crippen LogP contribution in [0.5, 0.6) is 0 Å². The molecule has 0 bridgehead atoms. The van der Waals surface area contributed by atoms with E-state index in [1.807, 2.05) is 6.08 Å². The summed E-state index contributed by atoms with van der Waals surface area (Å²) in [4.78, 5) is 0. The minimum Gasteiger partial charge on any atom is -0.795 e. The fraction of sp³-hybridized carbons (Fsp3) is 0.667. The number of hydrogen-bond donors (Lipinski definition) is 0. The van der Waals surface area contributed by atoms with E-state index in [0.717, 1.165) is 6.42 Å². The highest BCUT2D eigenvalue weighted by Gasteiger charge is 1.73. The fourth-order valence-corrected chi connectivity index (χ4v) is 0.644. The molecule has 0 atom stereocenters. The summed E-state index contributed by atoms with van der Waals surface area (Å²) in [5.74, 6) is 0. The van der Waals surface area contributed by atoms with Crippen molar-refractivity contribution in [1.29, 1.82) is 0 Å². The Balaban J connectivity index is 2.80. The first kappa shape index (κ1) is 8.05. The average Bonchev–Trinajstić information content (AvgIpc) is 1.81.